The number of fused-ring (bicyclic) bond motifs is 3. The Balaban J connectivity index is 1.91. The number of amides is 1. The molecule has 0 spiro atoms. The molecular formula is C22H20ClN5OS. The van der Waals surface area contributed by atoms with E-state index in [-0.39, 0.29) is 5.91 Å². The first-order chi connectivity index (χ1) is 14.5. The summed E-state index contributed by atoms with van der Waals surface area (Å²) in [5.41, 5.74) is 5.27. The van der Waals surface area contributed by atoms with E-state index in [9.17, 15) is 4.79 Å². The highest BCUT2D eigenvalue weighted by atomic mass is 35.5. The van der Waals surface area contributed by atoms with Crippen molar-refractivity contribution in [3.05, 3.63) is 65.1 Å². The Kier molecular flexibility index (Phi) is 5.65. The molecule has 152 valence electrons. The zero-order valence-corrected chi connectivity index (χ0v) is 18.2. The molecule has 0 atom stereocenters. The number of nitrogens with one attached hydrogen (secondary N) is 1. The van der Waals surface area contributed by atoms with E-state index < -0.39 is 0 Å². The maximum Gasteiger partial charge on any atom is 0.223 e. The Labute approximate surface area is 183 Å². The van der Waals surface area contributed by atoms with Crippen LogP contribution in [0.25, 0.3) is 21.8 Å². The molecule has 6 nitrogen and oxygen atoms in total. The topological polar surface area (TPSA) is 72.2 Å². The average molecular weight is 438 g/mol. The number of aromatic nitrogens is 3. The van der Waals surface area contributed by atoms with Crippen LogP contribution >= 0.6 is 22.9 Å². The van der Waals surface area contributed by atoms with Gasteiger partial charge in [-0.25, -0.2) is 9.67 Å². The van der Waals surface area contributed by atoms with Gasteiger partial charge in [0.1, 0.15) is 0 Å². The second kappa shape index (κ2) is 8.38. The molecule has 30 heavy (non-hydrogen) atoms. The molecular weight excluding hydrogens is 418 g/mol. The zero-order valence-electron chi connectivity index (χ0n) is 16.6. The Morgan fingerprint density at radius 3 is 2.90 bits per heavy atom. The van der Waals surface area contributed by atoms with Crippen molar-refractivity contribution in [2.24, 2.45) is 4.99 Å². The number of benzene rings is 1. The second-order valence-electron chi connectivity index (χ2n) is 6.80. The van der Waals surface area contributed by atoms with Gasteiger partial charge in [0, 0.05) is 30.5 Å². The fourth-order valence-electron chi connectivity index (χ4n) is 3.41. The van der Waals surface area contributed by atoms with Crippen molar-refractivity contribution < 1.29 is 4.79 Å². The van der Waals surface area contributed by atoms with Crippen LogP contribution in [0.15, 0.2) is 48.1 Å². The van der Waals surface area contributed by atoms with Crippen molar-refractivity contribution in [1.29, 1.82) is 0 Å². The number of allylic oxidation sites excluding steroid dienone is 2. The number of nitrogens with zero attached hydrogens (tertiary/aromatic N) is 4. The largest absolute Gasteiger partial charge is 0.302 e. The minimum Gasteiger partial charge on any atom is -0.302 e. The predicted molar refractivity (Wildman–Crippen MR) is 124 cm³/mol. The number of hydrogen-bond acceptors (Lipinski definition) is 5. The van der Waals surface area contributed by atoms with Crippen molar-refractivity contribution in [3.8, 4) is 16.3 Å². The van der Waals surface area contributed by atoms with Crippen LogP contribution in [0.4, 0.5) is 5.13 Å². The molecule has 0 bridgehead atoms. The molecule has 2 heterocycles. The third-order valence-electron chi connectivity index (χ3n) is 4.64. The van der Waals surface area contributed by atoms with Crippen LogP contribution in [-0.4, -0.2) is 26.9 Å². The smallest absolute Gasteiger partial charge is 0.223 e. The number of anilines is 1. The summed E-state index contributed by atoms with van der Waals surface area (Å²) in [6.07, 6.45) is 6.81. The first kappa shape index (κ1) is 20.3. The molecule has 3 aromatic rings. The van der Waals surface area contributed by atoms with Gasteiger partial charge in [0.05, 0.1) is 32.7 Å². The number of halogens is 1. The molecule has 1 amide bonds. The average Bonchev–Trinajstić information content (AvgIpc) is 3.28. The van der Waals surface area contributed by atoms with E-state index in [0.717, 1.165) is 51.6 Å². The van der Waals surface area contributed by atoms with Gasteiger partial charge in [-0.1, -0.05) is 47.7 Å². The van der Waals surface area contributed by atoms with Crippen molar-refractivity contribution in [3.63, 3.8) is 0 Å². The zero-order chi connectivity index (χ0) is 21.3. The van der Waals surface area contributed by atoms with Gasteiger partial charge in [-0.2, -0.15) is 5.10 Å². The molecule has 0 aliphatic heterocycles. The van der Waals surface area contributed by atoms with Crippen LogP contribution in [0.1, 0.15) is 30.8 Å². The molecule has 1 aromatic carbocycles. The second-order valence-corrected chi connectivity index (χ2v) is 8.21. The molecule has 2 aromatic heterocycles. The number of carbonyl (C=O) groups excluding carboxylic acids is 1. The Morgan fingerprint density at radius 1 is 1.37 bits per heavy atom. The normalized spacial score (nSPS) is 12.9. The molecule has 0 fully saturated rings. The van der Waals surface area contributed by atoms with Crippen molar-refractivity contribution in [2.45, 2.75) is 26.7 Å². The lowest BCUT2D eigenvalue weighted by Gasteiger charge is -2.14. The quantitative estimate of drug-likeness (QED) is 0.549. The first-order valence-electron chi connectivity index (χ1n) is 9.47. The molecule has 1 aliphatic rings. The van der Waals surface area contributed by atoms with E-state index in [2.05, 4.69) is 21.9 Å². The van der Waals surface area contributed by atoms with E-state index in [4.69, 9.17) is 16.7 Å². The summed E-state index contributed by atoms with van der Waals surface area (Å²) >= 11 is 7.95. The molecule has 0 saturated carbocycles. The number of aryl methyl sites for hydroxylation is 1. The summed E-state index contributed by atoms with van der Waals surface area (Å²) in [4.78, 5) is 21.4. The van der Waals surface area contributed by atoms with Gasteiger partial charge in [0.15, 0.2) is 5.13 Å². The lowest BCUT2D eigenvalue weighted by atomic mass is 9.95. The fraction of sp³-hybridized carbons (Fsp3) is 0.182. The highest BCUT2D eigenvalue weighted by Gasteiger charge is 2.30. The SMILES string of the molecule is C=C(C=NC=CC)c1nn(-c2ccccc2Cl)c2c1CCc1nc(NC(C)=O)sc1-2. The molecule has 1 N–H and O–H groups in total. The third kappa shape index (κ3) is 3.74. The highest BCUT2D eigenvalue weighted by molar-refractivity contribution is 7.19. The van der Waals surface area contributed by atoms with Crippen molar-refractivity contribution >= 4 is 45.8 Å². The fourth-order valence-corrected chi connectivity index (χ4v) is 4.74. The molecule has 1 aliphatic carbocycles. The molecule has 0 unspecified atom stereocenters. The Bertz CT molecular complexity index is 1200. The standard InChI is InChI=1S/C22H20ClN5OS/c1-4-11-24-12-13(2)19-15-9-10-17-21(30-22(26-17)25-14(3)29)20(15)28(27-19)18-8-6-5-7-16(18)23/h4-8,11-12H,2,9-10H2,1,3H3,(H,25,26,29). The van der Waals surface area contributed by atoms with Gasteiger partial charge >= 0.3 is 0 Å². The van der Waals surface area contributed by atoms with Crippen molar-refractivity contribution in [2.75, 3.05) is 5.32 Å². The molecule has 0 radical (unpaired) electrons. The van der Waals surface area contributed by atoms with Gasteiger partial charge in [0.25, 0.3) is 0 Å². The first-order valence-corrected chi connectivity index (χ1v) is 10.7. The maximum atomic E-state index is 11.5. The highest BCUT2D eigenvalue weighted by Crippen LogP contribution is 2.43. The molecule has 8 heteroatoms. The number of rotatable bonds is 5. The Hall–Kier alpha value is -3.03. The summed E-state index contributed by atoms with van der Waals surface area (Å²) < 4.78 is 1.86. The summed E-state index contributed by atoms with van der Waals surface area (Å²) in [6.45, 7) is 7.56. The van der Waals surface area contributed by atoms with E-state index in [1.54, 1.807) is 12.4 Å². The van der Waals surface area contributed by atoms with Gasteiger partial charge in [0.2, 0.25) is 5.91 Å². The number of aliphatic imine (C=N–C) groups is 1. The molecule has 4 rings (SSSR count). The third-order valence-corrected chi connectivity index (χ3v) is 5.98. The summed E-state index contributed by atoms with van der Waals surface area (Å²) in [7, 11) is 0. The minimum absolute atomic E-state index is 0.143. The van der Waals surface area contributed by atoms with Crippen LogP contribution in [0, 0.1) is 0 Å². The van der Waals surface area contributed by atoms with E-state index in [1.165, 1.54) is 18.3 Å². The number of carbonyl (C=O) groups is 1. The van der Waals surface area contributed by atoms with E-state index in [0.29, 0.717) is 10.2 Å². The Morgan fingerprint density at radius 2 is 2.17 bits per heavy atom. The number of thiazole rings is 1. The summed E-state index contributed by atoms with van der Waals surface area (Å²) in [5, 5.41) is 8.86. The van der Waals surface area contributed by atoms with Crippen LogP contribution in [-0.2, 0) is 17.6 Å². The number of hydrogen-bond donors (Lipinski definition) is 1. The maximum absolute atomic E-state index is 11.5. The van der Waals surface area contributed by atoms with Gasteiger partial charge in [-0.3, -0.25) is 9.79 Å². The van der Waals surface area contributed by atoms with Crippen LogP contribution in [0.2, 0.25) is 5.02 Å². The predicted octanol–water partition coefficient (Wildman–Crippen LogP) is 5.32. The lowest BCUT2D eigenvalue weighted by Crippen LogP contribution is -2.07. The monoisotopic (exact) mass is 437 g/mol. The number of para-hydroxylation sites is 1. The van der Waals surface area contributed by atoms with Gasteiger partial charge in [-0.15, -0.1) is 0 Å². The van der Waals surface area contributed by atoms with E-state index in [1.807, 2.05) is 41.9 Å². The van der Waals surface area contributed by atoms with Crippen LogP contribution < -0.4 is 5.32 Å². The minimum atomic E-state index is -0.143. The van der Waals surface area contributed by atoms with Crippen LogP contribution in [0.3, 0.4) is 0 Å². The van der Waals surface area contributed by atoms with E-state index >= 15 is 0 Å². The van der Waals surface area contributed by atoms with Crippen molar-refractivity contribution in [1.82, 2.24) is 14.8 Å². The lowest BCUT2D eigenvalue weighted by molar-refractivity contribution is -0.114. The molecule has 0 saturated heterocycles. The van der Waals surface area contributed by atoms with Gasteiger partial charge in [-0.05, 0) is 31.9 Å². The van der Waals surface area contributed by atoms with Crippen LogP contribution in [0.5, 0.6) is 0 Å². The summed E-state index contributed by atoms with van der Waals surface area (Å²) in [6, 6.07) is 7.58. The summed E-state index contributed by atoms with van der Waals surface area (Å²) in [5.74, 6) is -0.143. The van der Waals surface area contributed by atoms with Gasteiger partial charge < -0.3 is 5.32 Å².